The fourth-order valence-electron chi connectivity index (χ4n) is 2.77. The van der Waals surface area contributed by atoms with Crippen LogP contribution < -0.4 is 4.90 Å². The van der Waals surface area contributed by atoms with Crippen LogP contribution in [0, 0.1) is 13.8 Å². The standard InChI is InChI=1S/C15H23N/c1-4-14-7-5-6-10-16(14)15-11-12(2)8-9-13(15)3/h8-9,11,14H,4-7,10H2,1-3H3. The van der Waals surface area contributed by atoms with E-state index in [2.05, 4.69) is 43.9 Å². The van der Waals surface area contributed by atoms with Gasteiger partial charge in [0.05, 0.1) is 0 Å². The number of benzene rings is 1. The molecule has 1 nitrogen and oxygen atoms in total. The van der Waals surface area contributed by atoms with E-state index in [1.807, 2.05) is 0 Å². The highest BCUT2D eigenvalue weighted by Crippen LogP contribution is 2.29. The van der Waals surface area contributed by atoms with E-state index in [9.17, 15) is 0 Å². The summed E-state index contributed by atoms with van der Waals surface area (Å²) in [6.07, 6.45) is 5.39. The Morgan fingerprint density at radius 2 is 2.06 bits per heavy atom. The van der Waals surface area contributed by atoms with E-state index in [0.29, 0.717) is 0 Å². The minimum atomic E-state index is 0.759. The predicted molar refractivity (Wildman–Crippen MR) is 71.2 cm³/mol. The van der Waals surface area contributed by atoms with Gasteiger partial charge in [0.15, 0.2) is 0 Å². The van der Waals surface area contributed by atoms with Crippen molar-refractivity contribution in [2.45, 2.75) is 52.5 Å². The fourth-order valence-corrected chi connectivity index (χ4v) is 2.77. The molecular weight excluding hydrogens is 194 g/mol. The van der Waals surface area contributed by atoms with Crippen molar-refractivity contribution in [1.82, 2.24) is 0 Å². The lowest BCUT2D eigenvalue weighted by Gasteiger charge is -2.38. The van der Waals surface area contributed by atoms with Crippen LogP contribution in [0.1, 0.15) is 43.7 Å². The summed E-state index contributed by atoms with van der Waals surface area (Å²) in [4.78, 5) is 2.63. The van der Waals surface area contributed by atoms with Crippen molar-refractivity contribution in [2.24, 2.45) is 0 Å². The maximum Gasteiger partial charge on any atom is 0.0401 e. The van der Waals surface area contributed by atoms with Gasteiger partial charge in [0.25, 0.3) is 0 Å². The van der Waals surface area contributed by atoms with Crippen LogP contribution in [0.5, 0.6) is 0 Å². The number of rotatable bonds is 2. The van der Waals surface area contributed by atoms with Gasteiger partial charge in [0, 0.05) is 18.3 Å². The summed E-state index contributed by atoms with van der Waals surface area (Å²) >= 11 is 0. The SMILES string of the molecule is CCC1CCCCN1c1cc(C)ccc1C. The molecule has 0 N–H and O–H groups in total. The van der Waals surface area contributed by atoms with Gasteiger partial charge in [0.1, 0.15) is 0 Å². The van der Waals surface area contributed by atoms with E-state index in [4.69, 9.17) is 0 Å². The molecular formula is C15H23N. The number of anilines is 1. The molecule has 0 aliphatic carbocycles. The number of hydrogen-bond donors (Lipinski definition) is 0. The monoisotopic (exact) mass is 217 g/mol. The Hall–Kier alpha value is -0.980. The van der Waals surface area contributed by atoms with Gasteiger partial charge < -0.3 is 4.90 Å². The Morgan fingerprint density at radius 3 is 2.81 bits per heavy atom. The normalized spacial score (nSPS) is 21.2. The summed E-state index contributed by atoms with van der Waals surface area (Å²) in [6, 6.07) is 7.58. The molecule has 88 valence electrons. The zero-order valence-corrected chi connectivity index (χ0v) is 10.8. The van der Waals surface area contributed by atoms with Crippen LogP contribution in [0.15, 0.2) is 18.2 Å². The second-order valence-electron chi connectivity index (χ2n) is 5.04. The minimum Gasteiger partial charge on any atom is -0.368 e. The van der Waals surface area contributed by atoms with Crippen molar-refractivity contribution >= 4 is 5.69 Å². The molecule has 2 rings (SSSR count). The van der Waals surface area contributed by atoms with Crippen molar-refractivity contribution in [2.75, 3.05) is 11.4 Å². The molecule has 0 amide bonds. The maximum absolute atomic E-state index is 2.63. The van der Waals surface area contributed by atoms with E-state index in [1.54, 1.807) is 0 Å². The molecule has 0 radical (unpaired) electrons. The van der Waals surface area contributed by atoms with Crippen molar-refractivity contribution in [1.29, 1.82) is 0 Å². The summed E-state index contributed by atoms with van der Waals surface area (Å²) in [5.41, 5.74) is 4.26. The summed E-state index contributed by atoms with van der Waals surface area (Å²) < 4.78 is 0. The smallest absolute Gasteiger partial charge is 0.0401 e. The predicted octanol–water partition coefficient (Wildman–Crippen LogP) is 4.07. The van der Waals surface area contributed by atoms with E-state index >= 15 is 0 Å². The Kier molecular flexibility index (Phi) is 3.52. The van der Waals surface area contributed by atoms with Gasteiger partial charge in [-0.3, -0.25) is 0 Å². The molecule has 1 saturated heterocycles. The van der Waals surface area contributed by atoms with Crippen LogP contribution >= 0.6 is 0 Å². The second kappa shape index (κ2) is 4.90. The van der Waals surface area contributed by atoms with Crippen molar-refractivity contribution in [3.8, 4) is 0 Å². The lowest BCUT2D eigenvalue weighted by molar-refractivity contribution is 0.449. The molecule has 1 aliphatic heterocycles. The van der Waals surface area contributed by atoms with Crippen LogP contribution in [-0.2, 0) is 0 Å². The number of aryl methyl sites for hydroxylation is 2. The van der Waals surface area contributed by atoms with Crippen LogP contribution in [0.2, 0.25) is 0 Å². The zero-order chi connectivity index (χ0) is 11.5. The number of piperidine rings is 1. The molecule has 0 bridgehead atoms. The van der Waals surface area contributed by atoms with Crippen molar-refractivity contribution < 1.29 is 0 Å². The highest BCUT2D eigenvalue weighted by Gasteiger charge is 2.21. The largest absolute Gasteiger partial charge is 0.368 e. The fraction of sp³-hybridized carbons (Fsp3) is 0.600. The van der Waals surface area contributed by atoms with Gasteiger partial charge in [0.2, 0.25) is 0 Å². The summed E-state index contributed by atoms with van der Waals surface area (Å²) in [5.74, 6) is 0. The van der Waals surface area contributed by atoms with Crippen molar-refractivity contribution in [3.63, 3.8) is 0 Å². The molecule has 0 spiro atoms. The minimum absolute atomic E-state index is 0.759. The molecule has 1 atom stereocenters. The first-order chi connectivity index (χ1) is 7.72. The molecule has 1 aliphatic rings. The highest BCUT2D eigenvalue weighted by molar-refractivity contribution is 5.55. The summed E-state index contributed by atoms with van der Waals surface area (Å²) in [6.45, 7) is 7.97. The van der Waals surface area contributed by atoms with Crippen LogP contribution in [0.25, 0.3) is 0 Å². The summed E-state index contributed by atoms with van der Waals surface area (Å²) in [5, 5.41) is 0. The average molecular weight is 217 g/mol. The van der Waals surface area contributed by atoms with Gasteiger partial charge in [-0.05, 0) is 56.7 Å². The van der Waals surface area contributed by atoms with E-state index in [1.165, 1.54) is 49.0 Å². The Morgan fingerprint density at radius 1 is 1.25 bits per heavy atom. The third kappa shape index (κ3) is 2.23. The lowest BCUT2D eigenvalue weighted by Crippen LogP contribution is -2.39. The van der Waals surface area contributed by atoms with E-state index < -0.39 is 0 Å². The van der Waals surface area contributed by atoms with E-state index in [0.717, 1.165) is 6.04 Å². The van der Waals surface area contributed by atoms with Crippen molar-refractivity contribution in [3.05, 3.63) is 29.3 Å². The Bertz CT molecular complexity index is 356. The van der Waals surface area contributed by atoms with Gasteiger partial charge in [-0.2, -0.15) is 0 Å². The van der Waals surface area contributed by atoms with Crippen LogP contribution in [0.3, 0.4) is 0 Å². The molecule has 1 heteroatoms. The molecule has 0 saturated carbocycles. The van der Waals surface area contributed by atoms with Gasteiger partial charge in [-0.15, -0.1) is 0 Å². The molecule has 0 aromatic heterocycles. The lowest BCUT2D eigenvalue weighted by atomic mass is 9.97. The first kappa shape index (κ1) is 11.5. The first-order valence-corrected chi connectivity index (χ1v) is 6.56. The molecule has 1 fully saturated rings. The third-order valence-electron chi connectivity index (χ3n) is 3.77. The third-order valence-corrected chi connectivity index (χ3v) is 3.77. The molecule has 1 unspecified atom stereocenters. The topological polar surface area (TPSA) is 3.24 Å². The second-order valence-corrected chi connectivity index (χ2v) is 5.04. The average Bonchev–Trinajstić information content (AvgIpc) is 2.32. The zero-order valence-electron chi connectivity index (χ0n) is 10.8. The quantitative estimate of drug-likeness (QED) is 0.721. The van der Waals surface area contributed by atoms with Gasteiger partial charge >= 0.3 is 0 Å². The molecule has 1 aromatic rings. The number of nitrogens with zero attached hydrogens (tertiary/aromatic N) is 1. The van der Waals surface area contributed by atoms with E-state index in [-0.39, 0.29) is 0 Å². The van der Waals surface area contributed by atoms with Crippen LogP contribution in [0.4, 0.5) is 5.69 Å². The van der Waals surface area contributed by atoms with Gasteiger partial charge in [-0.25, -0.2) is 0 Å². The maximum atomic E-state index is 2.63. The molecule has 1 aromatic carbocycles. The van der Waals surface area contributed by atoms with Crippen LogP contribution in [-0.4, -0.2) is 12.6 Å². The summed E-state index contributed by atoms with van der Waals surface area (Å²) in [7, 11) is 0. The number of hydrogen-bond acceptors (Lipinski definition) is 1. The first-order valence-electron chi connectivity index (χ1n) is 6.56. The molecule has 1 heterocycles. The molecule has 16 heavy (non-hydrogen) atoms. The Balaban J connectivity index is 2.30. The highest BCUT2D eigenvalue weighted by atomic mass is 15.2. The van der Waals surface area contributed by atoms with Gasteiger partial charge in [-0.1, -0.05) is 19.1 Å². The Labute approximate surface area is 99.5 Å².